The Labute approximate surface area is 181 Å². The van der Waals surface area contributed by atoms with E-state index < -0.39 is 6.17 Å². The zero-order valence-corrected chi connectivity index (χ0v) is 17.3. The van der Waals surface area contributed by atoms with Gasteiger partial charge in [0.1, 0.15) is 0 Å². The highest BCUT2D eigenvalue weighted by atomic mass is 35.5. The molecule has 1 saturated carbocycles. The number of nitriles is 1. The molecule has 2 aromatic rings. The molecule has 2 aromatic carbocycles. The lowest BCUT2D eigenvalue weighted by atomic mass is 9.94. The molecule has 1 aliphatic carbocycles. The van der Waals surface area contributed by atoms with Crippen LogP contribution in [0, 0.1) is 11.3 Å². The molecule has 0 saturated heterocycles. The van der Waals surface area contributed by atoms with Gasteiger partial charge in [0.15, 0.2) is 5.96 Å². The van der Waals surface area contributed by atoms with Gasteiger partial charge in [-0.15, -0.1) is 0 Å². The molecule has 2 unspecified atom stereocenters. The third-order valence-electron chi connectivity index (χ3n) is 5.00. The Morgan fingerprint density at radius 3 is 2.60 bits per heavy atom. The number of hydrogen-bond acceptors (Lipinski definition) is 5. The second-order valence-corrected chi connectivity index (χ2v) is 7.79. The molecule has 0 aliphatic heterocycles. The average molecular weight is 425 g/mol. The first kappa shape index (κ1) is 21.8. The first-order valence-electron chi connectivity index (χ1n) is 9.87. The molecule has 7 nitrogen and oxygen atoms in total. The zero-order valence-electron chi connectivity index (χ0n) is 16.5. The van der Waals surface area contributed by atoms with E-state index >= 15 is 0 Å². The van der Waals surface area contributed by atoms with Gasteiger partial charge in [-0.25, -0.2) is 4.99 Å². The van der Waals surface area contributed by atoms with E-state index in [2.05, 4.69) is 15.6 Å². The highest BCUT2D eigenvalue weighted by Crippen LogP contribution is 2.22. The summed E-state index contributed by atoms with van der Waals surface area (Å²) >= 11 is 5.92. The van der Waals surface area contributed by atoms with Crippen molar-refractivity contribution >= 4 is 23.5 Å². The third kappa shape index (κ3) is 6.04. The van der Waals surface area contributed by atoms with Crippen molar-refractivity contribution in [3.63, 3.8) is 0 Å². The van der Waals surface area contributed by atoms with Gasteiger partial charge in [0, 0.05) is 16.6 Å². The fourth-order valence-corrected chi connectivity index (χ4v) is 3.19. The molecule has 6 N–H and O–H groups in total. The Kier molecular flexibility index (Phi) is 7.41. The molecule has 0 bridgehead atoms. The third-order valence-corrected chi connectivity index (χ3v) is 5.25. The smallest absolute Gasteiger partial charge is 0.257 e. The number of nitrogens with one attached hydrogen (secondary N) is 2. The molecule has 0 spiro atoms. The standard InChI is InChI=1S/C22H25ClN6O/c23-17-9-7-15(8-10-17)19(25)12-20(26)28-22(27-18-5-2-6-18)29-21(30)16-4-1-3-14(11-16)13-24/h1,3-4,7-11,18-20H,2,5-6,12,25-26H2,(H2,27,28,29,30). The summed E-state index contributed by atoms with van der Waals surface area (Å²) in [5.41, 5.74) is 14.2. The number of amides is 1. The largest absolute Gasteiger partial charge is 0.341 e. The SMILES string of the molecule is N#Cc1cccc(C(=O)NC(=NC2CCC2)NC(N)CC(N)c2ccc(Cl)cc2)c1. The van der Waals surface area contributed by atoms with E-state index in [0.717, 1.165) is 24.8 Å². The van der Waals surface area contributed by atoms with Crippen LogP contribution in [0.2, 0.25) is 5.02 Å². The summed E-state index contributed by atoms with van der Waals surface area (Å²) in [6, 6.07) is 15.7. The number of carbonyl (C=O) groups excluding carboxylic acids is 1. The highest BCUT2D eigenvalue weighted by Gasteiger charge is 2.20. The van der Waals surface area contributed by atoms with E-state index in [0.29, 0.717) is 28.5 Å². The topological polar surface area (TPSA) is 129 Å². The summed E-state index contributed by atoms with van der Waals surface area (Å²) in [7, 11) is 0. The first-order valence-corrected chi connectivity index (χ1v) is 10.2. The van der Waals surface area contributed by atoms with Crippen LogP contribution in [0.1, 0.15) is 53.2 Å². The average Bonchev–Trinajstić information content (AvgIpc) is 2.70. The quantitative estimate of drug-likeness (QED) is 0.322. The minimum Gasteiger partial charge on any atom is -0.341 e. The molecular weight excluding hydrogens is 400 g/mol. The summed E-state index contributed by atoms with van der Waals surface area (Å²) < 4.78 is 0. The minimum absolute atomic E-state index is 0.162. The van der Waals surface area contributed by atoms with Gasteiger partial charge in [-0.2, -0.15) is 5.26 Å². The van der Waals surface area contributed by atoms with Crippen molar-refractivity contribution in [2.24, 2.45) is 16.5 Å². The number of carbonyl (C=O) groups is 1. The van der Waals surface area contributed by atoms with Gasteiger partial charge >= 0.3 is 0 Å². The van der Waals surface area contributed by atoms with Gasteiger partial charge < -0.3 is 16.8 Å². The maximum absolute atomic E-state index is 12.6. The summed E-state index contributed by atoms with van der Waals surface area (Å²) in [4.78, 5) is 17.2. The van der Waals surface area contributed by atoms with Crippen molar-refractivity contribution in [1.29, 1.82) is 5.26 Å². The molecule has 1 aliphatic rings. The van der Waals surface area contributed by atoms with Crippen LogP contribution in [-0.4, -0.2) is 24.1 Å². The molecular formula is C22H25ClN6O. The summed E-state index contributed by atoms with van der Waals surface area (Å²) in [5, 5.41) is 15.6. The predicted octanol–water partition coefficient (Wildman–Crippen LogP) is 2.81. The van der Waals surface area contributed by atoms with Crippen LogP contribution in [0.4, 0.5) is 0 Å². The van der Waals surface area contributed by atoms with Crippen LogP contribution >= 0.6 is 11.6 Å². The number of hydrogen-bond donors (Lipinski definition) is 4. The van der Waals surface area contributed by atoms with Gasteiger partial charge in [-0.05, 0) is 61.6 Å². The number of nitrogens with two attached hydrogens (primary N) is 2. The van der Waals surface area contributed by atoms with Crippen molar-refractivity contribution in [2.45, 2.75) is 43.9 Å². The highest BCUT2D eigenvalue weighted by molar-refractivity contribution is 6.30. The molecule has 0 radical (unpaired) electrons. The number of rotatable bonds is 6. The Morgan fingerprint density at radius 1 is 1.23 bits per heavy atom. The number of halogens is 1. The molecule has 0 heterocycles. The predicted molar refractivity (Wildman–Crippen MR) is 118 cm³/mol. The van der Waals surface area contributed by atoms with Crippen LogP contribution < -0.4 is 22.1 Å². The van der Waals surface area contributed by atoms with E-state index in [4.69, 9.17) is 28.3 Å². The number of guanidine groups is 1. The lowest BCUT2D eigenvalue weighted by molar-refractivity contribution is 0.0975. The number of benzene rings is 2. The van der Waals surface area contributed by atoms with Gasteiger partial charge in [0.2, 0.25) is 0 Å². The maximum Gasteiger partial charge on any atom is 0.257 e. The number of aliphatic imine (C=N–C) groups is 1. The van der Waals surface area contributed by atoms with Gasteiger partial charge in [-0.1, -0.05) is 29.8 Å². The Balaban J connectivity index is 1.66. The zero-order chi connectivity index (χ0) is 21.5. The summed E-state index contributed by atoms with van der Waals surface area (Å²) in [6.07, 6.45) is 2.99. The van der Waals surface area contributed by atoms with E-state index in [1.165, 1.54) is 6.07 Å². The maximum atomic E-state index is 12.6. The summed E-state index contributed by atoms with van der Waals surface area (Å²) in [6.45, 7) is 0. The fraction of sp³-hybridized carbons (Fsp3) is 0.318. The fourth-order valence-electron chi connectivity index (χ4n) is 3.07. The summed E-state index contributed by atoms with van der Waals surface area (Å²) in [5.74, 6) is -0.0326. The second kappa shape index (κ2) is 10.2. The van der Waals surface area contributed by atoms with E-state index in [9.17, 15) is 4.79 Å². The molecule has 3 rings (SSSR count). The second-order valence-electron chi connectivity index (χ2n) is 7.35. The molecule has 30 heavy (non-hydrogen) atoms. The Morgan fingerprint density at radius 2 is 1.97 bits per heavy atom. The van der Waals surface area contributed by atoms with Crippen molar-refractivity contribution in [3.05, 3.63) is 70.2 Å². The molecule has 156 valence electrons. The monoisotopic (exact) mass is 424 g/mol. The van der Waals surface area contributed by atoms with Crippen LogP contribution in [0.5, 0.6) is 0 Å². The molecule has 8 heteroatoms. The Bertz CT molecular complexity index is 949. The van der Waals surface area contributed by atoms with Crippen LogP contribution in [0.25, 0.3) is 0 Å². The van der Waals surface area contributed by atoms with E-state index in [1.807, 2.05) is 18.2 Å². The van der Waals surface area contributed by atoms with E-state index in [-0.39, 0.29) is 18.0 Å². The van der Waals surface area contributed by atoms with Crippen molar-refractivity contribution in [3.8, 4) is 6.07 Å². The minimum atomic E-state index is -0.514. The van der Waals surface area contributed by atoms with Crippen molar-refractivity contribution in [2.75, 3.05) is 0 Å². The van der Waals surface area contributed by atoms with Crippen LogP contribution in [0.3, 0.4) is 0 Å². The lowest BCUT2D eigenvalue weighted by Gasteiger charge is -2.25. The van der Waals surface area contributed by atoms with Gasteiger partial charge in [0.05, 0.1) is 23.8 Å². The lowest BCUT2D eigenvalue weighted by Crippen LogP contribution is -2.51. The van der Waals surface area contributed by atoms with Gasteiger partial charge in [0.25, 0.3) is 5.91 Å². The van der Waals surface area contributed by atoms with Crippen LogP contribution in [0.15, 0.2) is 53.5 Å². The van der Waals surface area contributed by atoms with Gasteiger partial charge in [-0.3, -0.25) is 10.1 Å². The van der Waals surface area contributed by atoms with Crippen LogP contribution in [-0.2, 0) is 0 Å². The first-order chi connectivity index (χ1) is 14.4. The Hall–Kier alpha value is -2.92. The van der Waals surface area contributed by atoms with E-state index in [1.54, 1.807) is 30.3 Å². The number of nitrogens with zero attached hydrogens (tertiary/aromatic N) is 2. The van der Waals surface area contributed by atoms with Crippen molar-refractivity contribution < 1.29 is 4.79 Å². The molecule has 0 aromatic heterocycles. The molecule has 1 fully saturated rings. The van der Waals surface area contributed by atoms with Crippen molar-refractivity contribution in [1.82, 2.24) is 10.6 Å². The molecule has 1 amide bonds. The molecule has 2 atom stereocenters. The normalized spacial score (nSPS) is 16.1.